The molecule has 0 aliphatic rings. The summed E-state index contributed by atoms with van der Waals surface area (Å²) in [4.78, 5) is 9.82. The number of imidazole rings is 1. The molecular formula is C18H22ClN3S. The van der Waals surface area contributed by atoms with Crippen LogP contribution in [0.1, 0.15) is 18.7 Å². The summed E-state index contributed by atoms with van der Waals surface area (Å²) in [5.41, 5.74) is 2.13. The minimum atomic E-state index is 0.736. The second-order valence-electron chi connectivity index (χ2n) is 5.66. The standard InChI is InChI=1S/C18H22ClN3S/c1-4-21(5-2)10-11-22-16-8-7-14(19)12-15(16)20-18(22)17-9-6-13(3)23-17/h6-9,12H,4-5,10-11H2,1-3H3. The van der Waals surface area contributed by atoms with Gasteiger partial charge in [0, 0.05) is 23.0 Å². The van der Waals surface area contributed by atoms with Crippen LogP contribution < -0.4 is 0 Å². The number of halogens is 1. The van der Waals surface area contributed by atoms with Gasteiger partial charge in [-0.1, -0.05) is 25.4 Å². The minimum absolute atomic E-state index is 0.736. The second kappa shape index (κ2) is 7.04. The summed E-state index contributed by atoms with van der Waals surface area (Å²) in [6.07, 6.45) is 0. The predicted octanol–water partition coefficient (Wildman–Crippen LogP) is 5.07. The summed E-state index contributed by atoms with van der Waals surface area (Å²) >= 11 is 7.94. The van der Waals surface area contributed by atoms with Crippen LogP contribution in [0, 0.1) is 6.92 Å². The number of thiophene rings is 1. The van der Waals surface area contributed by atoms with E-state index >= 15 is 0 Å². The third-order valence-corrected chi connectivity index (χ3v) is 5.44. The van der Waals surface area contributed by atoms with Crippen molar-refractivity contribution < 1.29 is 0 Å². The molecule has 3 nitrogen and oxygen atoms in total. The highest BCUT2D eigenvalue weighted by Crippen LogP contribution is 2.31. The molecule has 5 heteroatoms. The average Bonchev–Trinajstić information content (AvgIpc) is 3.11. The van der Waals surface area contributed by atoms with Crippen LogP contribution in [0.25, 0.3) is 21.7 Å². The molecule has 3 rings (SSSR count). The molecule has 1 aromatic carbocycles. The number of nitrogens with zero attached hydrogens (tertiary/aromatic N) is 3. The molecule has 0 fully saturated rings. The topological polar surface area (TPSA) is 21.1 Å². The summed E-state index contributed by atoms with van der Waals surface area (Å²) in [5, 5.41) is 0.736. The van der Waals surface area contributed by atoms with Gasteiger partial charge in [-0.15, -0.1) is 11.3 Å². The Balaban J connectivity index is 2.04. The largest absolute Gasteiger partial charge is 0.322 e. The summed E-state index contributed by atoms with van der Waals surface area (Å²) in [6, 6.07) is 10.3. The van der Waals surface area contributed by atoms with Crippen LogP contribution in [0.15, 0.2) is 30.3 Å². The molecule has 0 radical (unpaired) electrons. The third-order valence-electron chi connectivity index (χ3n) is 4.21. The first-order valence-electron chi connectivity index (χ1n) is 8.07. The number of hydrogen-bond acceptors (Lipinski definition) is 3. The van der Waals surface area contributed by atoms with E-state index in [1.165, 1.54) is 9.75 Å². The van der Waals surface area contributed by atoms with Crippen LogP contribution in [0.5, 0.6) is 0 Å². The molecule has 0 amide bonds. The predicted molar refractivity (Wildman–Crippen MR) is 101 cm³/mol. The molecule has 0 bridgehead atoms. The molecule has 2 heterocycles. The maximum atomic E-state index is 6.15. The average molecular weight is 348 g/mol. The van der Waals surface area contributed by atoms with Crippen molar-refractivity contribution in [1.29, 1.82) is 0 Å². The highest BCUT2D eigenvalue weighted by atomic mass is 35.5. The van der Waals surface area contributed by atoms with Gasteiger partial charge in [0.1, 0.15) is 0 Å². The summed E-state index contributed by atoms with van der Waals surface area (Å²) in [6.45, 7) is 10.7. The van der Waals surface area contributed by atoms with E-state index in [1.807, 2.05) is 12.1 Å². The van der Waals surface area contributed by atoms with E-state index in [1.54, 1.807) is 11.3 Å². The van der Waals surface area contributed by atoms with Crippen LogP contribution in [0.3, 0.4) is 0 Å². The van der Waals surface area contributed by atoms with Crippen molar-refractivity contribution in [2.24, 2.45) is 0 Å². The van der Waals surface area contributed by atoms with Gasteiger partial charge in [0.25, 0.3) is 0 Å². The van der Waals surface area contributed by atoms with Crippen molar-refractivity contribution in [3.05, 3.63) is 40.2 Å². The smallest absolute Gasteiger partial charge is 0.151 e. The number of likely N-dealkylation sites (N-methyl/N-ethyl adjacent to an activating group) is 1. The molecule has 0 N–H and O–H groups in total. The zero-order chi connectivity index (χ0) is 16.4. The summed E-state index contributed by atoms with van der Waals surface area (Å²) in [7, 11) is 0. The van der Waals surface area contributed by atoms with Gasteiger partial charge < -0.3 is 9.47 Å². The molecule has 0 saturated heterocycles. The first-order chi connectivity index (χ1) is 11.1. The van der Waals surface area contributed by atoms with Crippen LogP contribution in [-0.4, -0.2) is 34.1 Å². The second-order valence-corrected chi connectivity index (χ2v) is 7.38. The van der Waals surface area contributed by atoms with Gasteiger partial charge >= 0.3 is 0 Å². The van der Waals surface area contributed by atoms with Crippen LogP contribution >= 0.6 is 22.9 Å². The SMILES string of the molecule is CCN(CC)CCn1c(-c2ccc(C)s2)nc2cc(Cl)ccc21. The van der Waals surface area contributed by atoms with E-state index in [0.29, 0.717) is 0 Å². The summed E-state index contributed by atoms with van der Waals surface area (Å²) in [5.74, 6) is 1.05. The quantitative estimate of drug-likeness (QED) is 0.620. The molecule has 0 aliphatic heterocycles. The Bertz CT molecular complexity index is 802. The Morgan fingerprint density at radius 1 is 1.17 bits per heavy atom. The van der Waals surface area contributed by atoms with Gasteiger partial charge in [-0.3, -0.25) is 0 Å². The Labute approximate surface area is 146 Å². The lowest BCUT2D eigenvalue weighted by Crippen LogP contribution is -2.27. The molecule has 0 saturated carbocycles. The lowest BCUT2D eigenvalue weighted by Gasteiger charge is -2.19. The van der Waals surface area contributed by atoms with E-state index in [2.05, 4.69) is 48.4 Å². The highest BCUT2D eigenvalue weighted by molar-refractivity contribution is 7.15. The van der Waals surface area contributed by atoms with Crippen molar-refractivity contribution in [3.8, 4) is 10.7 Å². The molecule has 23 heavy (non-hydrogen) atoms. The van der Waals surface area contributed by atoms with Crippen LogP contribution in [0.4, 0.5) is 0 Å². The van der Waals surface area contributed by atoms with Crippen LogP contribution in [0.2, 0.25) is 5.02 Å². The number of hydrogen-bond donors (Lipinski definition) is 0. The lowest BCUT2D eigenvalue weighted by molar-refractivity contribution is 0.292. The van der Waals surface area contributed by atoms with Gasteiger partial charge in [-0.2, -0.15) is 0 Å². The van der Waals surface area contributed by atoms with E-state index < -0.39 is 0 Å². The Morgan fingerprint density at radius 3 is 2.61 bits per heavy atom. The fourth-order valence-corrected chi connectivity index (χ4v) is 3.89. The van der Waals surface area contributed by atoms with Gasteiger partial charge in [0.05, 0.1) is 15.9 Å². The minimum Gasteiger partial charge on any atom is -0.322 e. The number of aromatic nitrogens is 2. The van der Waals surface area contributed by atoms with Crippen molar-refractivity contribution in [2.45, 2.75) is 27.3 Å². The molecule has 0 aliphatic carbocycles. The third kappa shape index (κ3) is 3.44. The van der Waals surface area contributed by atoms with E-state index in [4.69, 9.17) is 16.6 Å². The van der Waals surface area contributed by atoms with E-state index in [-0.39, 0.29) is 0 Å². The highest BCUT2D eigenvalue weighted by Gasteiger charge is 2.15. The molecule has 0 atom stereocenters. The number of benzene rings is 1. The molecule has 2 aromatic heterocycles. The first kappa shape index (κ1) is 16.5. The number of rotatable bonds is 6. The van der Waals surface area contributed by atoms with Gasteiger partial charge in [-0.05, 0) is 50.3 Å². The van der Waals surface area contributed by atoms with Crippen LogP contribution in [-0.2, 0) is 6.54 Å². The van der Waals surface area contributed by atoms with Gasteiger partial charge in [0.2, 0.25) is 0 Å². The summed E-state index contributed by atoms with van der Waals surface area (Å²) < 4.78 is 2.33. The van der Waals surface area contributed by atoms with Crippen molar-refractivity contribution >= 4 is 34.0 Å². The van der Waals surface area contributed by atoms with Gasteiger partial charge in [0.15, 0.2) is 5.82 Å². The molecule has 0 spiro atoms. The Morgan fingerprint density at radius 2 is 1.96 bits per heavy atom. The molecule has 122 valence electrons. The normalized spacial score (nSPS) is 11.7. The van der Waals surface area contributed by atoms with Crippen molar-refractivity contribution in [3.63, 3.8) is 0 Å². The Kier molecular flexibility index (Phi) is 5.05. The maximum absolute atomic E-state index is 6.15. The van der Waals surface area contributed by atoms with Gasteiger partial charge in [-0.25, -0.2) is 4.98 Å². The first-order valence-corrected chi connectivity index (χ1v) is 9.26. The zero-order valence-corrected chi connectivity index (χ0v) is 15.4. The number of aryl methyl sites for hydroxylation is 1. The number of fused-ring (bicyclic) bond motifs is 1. The Hall–Kier alpha value is -1.36. The monoisotopic (exact) mass is 347 g/mol. The zero-order valence-electron chi connectivity index (χ0n) is 13.8. The molecular weight excluding hydrogens is 326 g/mol. The van der Waals surface area contributed by atoms with Crippen molar-refractivity contribution in [2.75, 3.05) is 19.6 Å². The fraction of sp³-hybridized carbons (Fsp3) is 0.389. The van der Waals surface area contributed by atoms with E-state index in [9.17, 15) is 0 Å². The molecule has 3 aromatic rings. The molecule has 0 unspecified atom stereocenters. The lowest BCUT2D eigenvalue weighted by atomic mass is 10.3. The van der Waals surface area contributed by atoms with E-state index in [0.717, 1.165) is 48.1 Å². The van der Waals surface area contributed by atoms with Crippen molar-refractivity contribution in [1.82, 2.24) is 14.5 Å². The maximum Gasteiger partial charge on any atom is 0.151 e. The fourth-order valence-electron chi connectivity index (χ4n) is 2.85.